The molecule has 0 saturated heterocycles. The van der Waals surface area contributed by atoms with E-state index in [1.54, 1.807) is 60.4 Å². The number of hydrogen-bond donors (Lipinski definition) is 2. The van der Waals surface area contributed by atoms with Gasteiger partial charge in [0.2, 0.25) is 10.0 Å². The number of para-hydroxylation sites is 1. The topological polar surface area (TPSA) is 116 Å². The lowest BCUT2D eigenvalue weighted by Crippen LogP contribution is -2.50. The number of rotatable bonds is 8. The van der Waals surface area contributed by atoms with Crippen LogP contribution < -0.4 is 10.1 Å². The lowest BCUT2D eigenvalue weighted by molar-refractivity contribution is 0.0388. The molecule has 212 valence electrons. The molecule has 1 aliphatic heterocycles. The number of nitrogens with one attached hydrogen (secondary N) is 1. The number of anilines is 1. The first-order chi connectivity index (χ1) is 19.0. The zero-order valence-corrected chi connectivity index (χ0v) is 24.0. The zero-order chi connectivity index (χ0) is 29.0. The number of benzene rings is 3. The second kappa shape index (κ2) is 12.4. The number of carbonyl (C=O) groups is 2. The van der Waals surface area contributed by atoms with Crippen molar-refractivity contribution in [2.45, 2.75) is 30.9 Å². The molecule has 0 radical (unpaired) electrons. The summed E-state index contributed by atoms with van der Waals surface area (Å²) in [5, 5.41) is 13.1. The maximum Gasteiger partial charge on any atom is 0.258 e. The second-order valence-corrected chi connectivity index (χ2v) is 12.3. The summed E-state index contributed by atoms with van der Waals surface area (Å²) in [7, 11) is -2.42. The van der Waals surface area contributed by atoms with Crippen LogP contribution in [-0.4, -0.2) is 73.4 Å². The van der Waals surface area contributed by atoms with Crippen LogP contribution in [0.15, 0.2) is 77.7 Å². The molecule has 3 aromatic rings. The van der Waals surface area contributed by atoms with Gasteiger partial charge in [-0.1, -0.05) is 42.8 Å². The lowest BCUT2D eigenvalue weighted by atomic mass is 9.99. The highest BCUT2D eigenvalue weighted by molar-refractivity contribution is 7.89. The van der Waals surface area contributed by atoms with E-state index in [0.717, 1.165) is 0 Å². The number of fused-ring (bicyclic) bond motifs is 1. The number of carbonyl (C=O) groups excluding carboxylic acids is 2. The van der Waals surface area contributed by atoms with Crippen molar-refractivity contribution in [1.29, 1.82) is 0 Å². The first-order valence-electron chi connectivity index (χ1n) is 12.8. The average Bonchev–Trinajstić information content (AvgIpc) is 2.95. The average molecular weight is 586 g/mol. The van der Waals surface area contributed by atoms with Gasteiger partial charge < -0.3 is 20.1 Å². The number of aliphatic hydroxyl groups excluding tert-OH is 1. The Bertz CT molecular complexity index is 1470. The predicted molar refractivity (Wildman–Crippen MR) is 153 cm³/mol. The summed E-state index contributed by atoms with van der Waals surface area (Å²) >= 11 is 5.94. The molecule has 9 nitrogen and oxygen atoms in total. The number of halogens is 1. The van der Waals surface area contributed by atoms with Crippen LogP contribution in [0.1, 0.15) is 34.6 Å². The molecular weight excluding hydrogens is 554 g/mol. The number of nitrogens with zero attached hydrogens (tertiary/aromatic N) is 2. The third kappa shape index (κ3) is 6.31. The third-order valence-corrected chi connectivity index (χ3v) is 9.02. The molecule has 0 aromatic heterocycles. The molecule has 11 heteroatoms. The van der Waals surface area contributed by atoms with E-state index in [1.807, 2.05) is 6.92 Å². The van der Waals surface area contributed by atoms with Gasteiger partial charge in [0, 0.05) is 30.1 Å². The summed E-state index contributed by atoms with van der Waals surface area (Å²) in [6, 6.07) is 18.9. The van der Waals surface area contributed by atoms with Crippen LogP contribution in [0, 0.1) is 5.92 Å². The van der Waals surface area contributed by atoms with Crippen LogP contribution in [0.3, 0.4) is 0 Å². The standard InChI is InChI=1S/C29H32ClN3O6S/c1-19-16-33(20(2)18-34)29(36)24-10-7-11-25(31-28(35)21-8-5-4-6-9-21)27(24)39-26(19)17-32(3)40(37,38)23-14-12-22(30)13-15-23/h4-15,19-20,26,34H,16-18H2,1-3H3,(H,31,35)/t19-,20+,26-/m0/s1. The van der Waals surface area contributed by atoms with Crippen LogP contribution in [0.25, 0.3) is 0 Å². The molecule has 40 heavy (non-hydrogen) atoms. The van der Waals surface area contributed by atoms with Crippen molar-refractivity contribution < 1.29 is 27.9 Å². The normalized spacial score (nSPS) is 18.4. The van der Waals surface area contributed by atoms with Crippen LogP contribution in [0.5, 0.6) is 5.75 Å². The number of amides is 2. The summed E-state index contributed by atoms with van der Waals surface area (Å²) < 4.78 is 34.3. The molecule has 2 amide bonds. The minimum absolute atomic E-state index is 0.0396. The Hall–Kier alpha value is -3.44. The Labute approximate surface area is 239 Å². The number of ether oxygens (including phenoxy) is 1. The Morgan fingerprint density at radius 3 is 2.45 bits per heavy atom. The summed E-state index contributed by atoms with van der Waals surface area (Å²) in [5.41, 5.74) is 0.899. The van der Waals surface area contributed by atoms with Crippen LogP contribution in [0.4, 0.5) is 5.69 Å². The summed E-state index contributed by atoms with van der Waals surface area (Å²) in [6.45, 7) is 3.52. The molecule has 3 atom stereocenters. The summed E-state index contributed by atoms with van der Waals surface area (Å²) in [4.78, 5) is 28.3. The van der Waals surface area contributed by atoms with Gasteiger partial charge in [-0.3, -0.25) is 9.59 Å². The van der Waals surface area contributed by atoms with Crippen LogP contribution in [-0.2, 0) is 10.0 Å². The smallest absolute Gasteiger partial charge is 0.258 e. The minimum atomic E-state index is -3.88. The van der Waals surface area contributed by atoms with Crippen molar-refractivity contribution in [3.8, 4) is 5.75 Å². The zero-order valence-electron chi connectivity index (χ0n) is 22.5. The number of hydrogen-bond acceptors (Lipinski definition) is 6. The van der Waals surface area contributed by atoms with E-state index < -0.39 is 22.2 Å². The van der Waals surface area contributed by atoms with Crippen molar-refractivity contribution in [3.05, 3.63) is 88.9 Å². The van der Waals surface area contributed by atoms with Gasteiger partial charge in [-0.05, 0) is 55.5 Å². The van der Waals surface area contributed by atoms with Crippen molar-refractivity contribution in [2.75, 3.05) is 32.1 Å². The number of aliphatic hydroxyl groups is 1. The Morgan fingerprint density at radius 1 is 1.12 bits per heavy atom. The van der Waals surface area contributed by atoms with E-state index in [1.165, 1.54) is 35.6 Å². The van der Waals surface area contributed by atoms with Crippen molar-refractivity contribution >= 4 is 39.1 Å². The molecule has 0 saturated carbocycles. The fourth-order valence-corrected chi connectivity index (χ4v) is 5.79. The largest absolute Gasteiger partial charge is 0.486 e. The second-order valence-electron chi connectivity index (χ2n) is 9.86. The molecule has 3 aromatic carbocycles. The molecule has 1 heterocycles. The SMILES string of the molecule is C[C@H](CO)N1C[C@H](C)[C@H](CN(C)S(=O)(=O)c2ccc(Cl)cc2)Oc2c(NC(=O)c3ccccc3)cccc2C1=O. The Kier molecular flexibility index (Phi) is 9.15. The maximum absolute atomic E-state index is 13.6. The van der Waals surface area contributed by atoms with Crippen molar-refractivity contribution in [2.24, 2.45) is 5.92 Å². The van der Waals surface area contributed by atoms with Crippen molar-refractivity contribution in [1.82, 2.24) is 9.21 Å². The van der Waals surface area contributed by atoms with Gasteiger partial charge >= 0.3 is 0 Å². The van der Waals surface area contributed by atoms with E-state index in [2.05, 4.69) is 5.32 Å². The van der Waals surface area contributed by atoms with Crippen LogP contribution in [0.2, 0.25) is 5.02 Å². The summed E-state index contributed by atoms with van der Waals surface area (Å²) in [5.74, 6) is -0.952. The quantitative estimate of drug-likeness (QED) is 0.411. The van der Waals surface area contributed by atoms with Gasteiger partial charge in [-0.25, -0.2) is 8.42 Å². The van der Waals surface area contributed by atoms with Gasteiger partial charge in [0.25, 0.3) is 11.8 Å². The Balaban J connectivity index is 1.72. The molecule has 0 spiro atoms. The number of likely N-dealkylation sites (N-methyl/N-ethyl adjacent to an activating group) is 1. The highest BCUT2D eigenvalue weighted by Crippen LogP contribution is 2.35. The molecular formula is C29H32ClN3O6S. The molecule has 0 bridgehead atoms. The fraction of sp³-hybridized carbons (Fsp3) is 0.310. The van der Waals surface area contributed by atoms with Crippen LogP contribution >= 0.6 is 11.6 Å². The van der Waals surface area contributed by atoms with E-state index in [4.69, 9.17) is 16.3 Å². The maximum atomic E-state index is 13.6. The highest BCUT2D eigenvalue weighted by Gasteiger charge is 2.36. The van der Waals surface area contributed by atoms with E-state index in [9.17, 15) is 23.1 Å². The van der Waals surface area contributed by atoms with E-state index >= 15 is 0 Å². The van der Waals surface area contributed by atoms with Gasteiger partial charge in [0.15, 0.2) is 5.75 Å². The van der Waals surface area contributed by atoms with Gasteiger partial charge in [0.05, 0.1) is 35.3 Å². The van der Waals surface area contributed by atoms with Gasteiger partial charge in [-0.2, -0.15) is 4.31 Å². The number of sulfonamides is 1. The summed E-state index contributed by atoms with van der Waals surface area (Å²) in [6.07, 6.45) is -0.706. The van der Waals surface area contributed by atoms with E-state index in [0.29, 0.717) is 10.6 Å². The molecule has 0 aliphatic carbocycles. The third-order valence-electron chi connectivity index (χ3n) is 6.93. The highest BCUT2D eigenvalue weighted by atomic mass is 35.5. The van der Waals surface area contributed by atoms with E-state index in [-0.39, 0.29) is 59.3 Å². The minimum Gasteiger partial charge on any atom is -0.486 e. The molecule has 0 fully saturated rings. The molecule has 4 rings (SSSR count). The fourth-order valence-electron chi connectivity index (χ4n) is 4.48. The predicted octanol–water partition coefficient (Wildman–Crippen LogP) is 4.13. The first-order valence-corrected chi connectivity index (χ1v) is 14.6. The first kappa shape index (κ1) is 29.5. The molecule has 1 aliphatic rings. The molecule has 2 N–H and O–H groups in total. The monoisotopic (exact) mass is 585 g/mol. The van der Waals surface area contributed by atoms with Gasteiger partial charge in [0.1, 0.15) is 6.10 Å². The lowest BCUT2D eigenvalue weighted by Gasteiger charge is -2.38. The van der Waals surface area contributed by atoms with Gasteiger partial charge in [-0.15, -0.1) is 0 Å². The Morgan fingerprint density at radius 2 is 1.80 bits per heavy atom. The van der Waals surface area contributed by atoms with Crippen molar-refractivity contribution in [3.63, 3.8) is 0 Å². The molecule has 0 unspecified atom stereocenters.